The third-order valence-corrected chi connectivity index (χ3v) is 3.56. The van der Waals surface area contributed by atoms with Gasteiger partial charge in [0.15, 0.2) is 0 Å². The molecule has 2 N–H and O–H groups in total. The lowest BCUT2D eigenvalue weighted by molar-refractivity contribution is 0.0895. The van der Waals surface area contributed by atoms with E-state index < -0.39 is 17.2 Å². The maximum atomic E-state index is 13.2. The molecular weight excluding hydrogens is 271 g/mol. The number of benzene rings is 1. The summed E-state index contributed by atoms with van der Waals surface area (Å²) >= 11 is 2.97. The normalized spacial score (nSPS) is 27.8. The molecule has 0 aromatic heterocycles. The highest BCUT2D eigenvalue weighted by Gasteiger charge is 2.71. The average Bonchev–Trinajstić information content (AvgIpc) is 2.75. The molecule has 1 aromatic rings. The van der Waals surface area contributed by atoms with Gasteiger partial charge in [0, 0.05) is 13.0 Å². The Hall–Kier alpha value is -0.550. The summed E-state index contributed by atoms with van der Waals surface area (Å²) in [5, 5.41) is 0. The Bertz CT molecular complexity index is 408. The SMILES string of the molecule is NCC1(c2ccc(Br)c(F)c2)CC1(F)F. The van der Waals surface area contributed by atoms with Gasteiger partial charge < -0.3 is 5.73 Å². The number of nitrogens with two attached hydrogens (primary N) is 1. The van der Waals surface area contributed by atoms with Crippen LogP contribution < -0.4 is 5.73 Å². The standard InChI is InChI=1S/C10H9BrF3N/c11-7-2-1-6(3-8(7)12)9(5-15)4-10(9,13)14/h1-3H,4-5,15H2. The molecule has 0 bridgehead atoms. The van der Waals surface area contributed by atoms with Crippen LogP contribution >= 0.6 is 15.9 Å². The van der Waals surface area contributed by atoms with Gasteiger partial charge in [-0.05, 0) is 33.6 Å². The molecule has 0 amide bonds. The number of halogens is 4. The summed E-state index contributed by atoms with van der Waals surface area (Å²) in [5.41, 5.74) is 4.27. The second kappa shape index (κ2) is 3.22. The lowest BCUT2D eigenvalue weighted by Gasteiger charge is -2.14. The van der Waals surface area contributed by atoms with Crippen LogP contribution in [-0.2, 0) is 5.41 Å². The molecule has 0 heterocycles. The summed E-state index contributed by atoms with van der Waals surface area (Å²) < 4.78 is 39.8. The quantitative estimate of drug-likeness (QED) is 0.885. The minimum atomic E-state index is -2.80. The summed E-state index contributed by atoms with van der Waals surface area (Å²) in [6.07, 6.45) is -0.294. The van der Waals surface area contributed by atoms with Crippen LogP contribution in [0.25, 0.3) is 0 Å². The van der Waals surface area contributed by atoms with Crippen LogP contribution in [0.4, 0.5) is 13.2 Å². The number of hydrogen-bond donors (Lipinski definition) is 1. The Morgan fingerprint density at radius 2 is 2.00 bits per heavy atom. The van der Waals surface area contributed by atoms with E-state index >= 15 is 0 Å². The first-order chi connectivity index (χ1) is 6.93. The van der Waals surface area contributed by atoms with Crippen LogP contribution in [0.1, 0.15) is 12.0 Å². The largest absolute Gasteiger partial charge is 0.329 e. The molecule has 82 valence electrons. The van der Waals surface area contributed by atoms with Crippen molar-refractivity contribution in [2.75, 3.05) is 6.54 Å². The molecule has 1 unspecified atom stereocenters. The molecule has 1 saturated carbocycles. The predicted molar refractivity (Wildman–Crippen MR) is 54.4 cm³/mol. The van der Waals surface area contributed by atoms with Gasteiger partial charge in [-0.25, -0.2) is 13.2 Å². The molecule has 5 heteroatoms. The Morgan fingerprint density at radius 3 is 2.40 bits per heavy atom. The molecule has 15 heavy (non-hydrogen) atoms. The van der Waals surface area contributed by atoms with Crippen molar-refractivity contribution in [3.63, 3.8) is 0 Å². The van der Waals surface area contributed by atoms with E-state index in [1.807, 2.05) is 0 Å². The summed E-state index contributed by atoms with van der Waals surface area (Å²) in [6.45, 7) is -0.166. The topological polar surface area (TPSA) is 26.0 Å². The average molecular weight is 280 g/mol. The third kappa shape index (κ3) is 1.49. The van der Waals surface area contributed by atoms with Gasteiger partial charge in [0.25, 0.3) is 5.92 Å². The summed E-state index contributed by atoms with van der Waals surface area (Å²) in [7, 11) is 0. The zero-order chi connectivity index (χ0) is 11.3. The highest BCUT2D eigenvalue weighted by molar-refractivity contribution is 9.10. The van der Waals surface area contributed by atoms with Crippen LogP contribution in [0.5, 0.6) is 0 Å². The molecule has 1 aliphatic rings. The van der Waals surface area contributed by atoms with Crippen molar-refractivity contribution in [1.29, 1.82) is 0 Å². The van der Waals surface area contributed by atoms with Gasteiger partial charge in [0.1, 0.15) is 5.82 Å². The number of rotatable bonds is 2. The van der Waals surface area contributed by atoms with Crippen molar-refractivity contribution in [3.05, 3.63) is 34.1 Å². The van der Waals surface area contributed by atoms with Crippen molar-refractivity contribution in [2.45, 2.75) is 17.8 Å². The van der Waals surface area contributed by atoms with E-state index in [1.165, 1.54) is 12.1 Å². The molecule has 0 radical (unpaired) electrons. The molecule has 1 atom stereocenters. The molecule has 2 rings (SSSR count). The van der Waals surface area contributed by atoms with Crippen molar-refractivity contribution in [1.82, 2.24) is 0 Å². The van der Waals surface area contributed by atoms with Gasteiger partial charge in [-0.3, -0.25) is 0 Å². The summed E-state index contributed by atoms with van der Waals surface area (Å²) in [6, 6.07) is 4.04. The van der Waals surface area contributed by atoms with Crippen molar-refractivity contribution < 1.29 is 13.2 Å². The Kier molecular flexibility index (Phi) is 2.35. The fourth-order valence-corrected chi connectivity index (χ4v) is 2.03. The molecule has 0 spiro atoms. The molecule has 0 saturated heterocycles. The monoisotopic (exact) mass is 279 g/mol. The molecule has 1 aliphatic carbocycles. The van der Waals surface area contributed by atoms with Crippen LogP contribution in [0.15, 0.2) is 22.7 Å². The Morgan fingerprint density at radius 1 is 1.40 bits per heavy atom. The highest BCUT2D eigenvalue weighted by Crippen LogP contribution is 2.60. The Labute approximate surface area is 93.6 Å². The zero-order valence-electron chi connectivity index (χ0n) is 7.74. The maximum absolute atomic E-state index is 13.2. The van der Waals surface area contributed by atoms with Crippen LogP contribution in [-0.4, -0.2) is 12.5 Å². The van der Waals surface area contributed by atoms with E-state index in [-0.39, 0.29) is 23.0 Å². The van der Waals surface area contributed by atoms with Gasteiger partial charge in [-0.2, -0.15) is 0 Å². The minimum Gasteiger partial charge on any atom is -0.329 e. The second-order valence-electron chi connectivity index (χ2n) is 3.80. The fraction of sp³-hybridized carbons (Fsp3) is 0.400. The lowest BCUT2D eigenvalue weighted by Crippen LogP contribution is -2.26. The van der Waals surface area contributed by atoms with E-state index in [4.69, 9.17) is 5.73 Å². The van der Waals surface area contributed by atoms with Crippen molar-refractivity contribution in [3.8, 4) is 0 Å². The summed E-state index contributed by atoms with van der Waals surface area (Å²) in [4.78, 5) is 0. The fourth-order valence-electron chi connectivity index (χ4n) is 1.78. The Balaban J connectivity index is 2.42. The first kappa shape index (κ1) is 11.0. The molecular formula is C10H9BrF3N. The lowest BCUT2D eigenvalue weighted by atomic mass is 9.95. The smallest absolute Gasteiger partial charge is 0.260 e. The first-order valence-corrected chi connectivity index (χ1v) is 5.26. The van der Waals surface area contributed by atoms with Gasteiger partial charge in [0.05, 0.1) is 9.89 Å². The van der Waals surface area contributed by atoms with Crippen LogP contribution in [0.3, 0.4) is 0 Å². The maximum Gasteiger partial charge on any atom is 0.260 e. The van der Waals surface area contributed by atoms with E-state index in [9.17, 15) is 13.2 Å². The van der Waals surface area contributed by atoms with E-state index in [2.05, 4.69) is 15.9 Å². The van der Waals surface area contributed by atoms with E-state index in [1.54, 1.807) is 0 Å². The van der Waals surface area contributed by atoms with Crippen molar-refractivity contribution >= 4 is 15.9 Å². The van der Waals surface area contributed by atoms with E-state index in [0.717, 1.165) is 6.07 Å². The minimum absolute atomic E-state index is 0.166. The predicted octanol–water partition coefficient (Wildman–Crippen LogP) is 2.82. The summed E-state index contributed by atoms with van der Waals surface area (Å²) in [5.74, 6) is -3.34. The molecule has 1 fully saturated rings. The molecule has 1 aromatic carbocycles. The van der Waals surface area contributed by atoms with Crippen LogP contribution in [0, 0.1) is 5.82 Å². The van der Waals surface area contributed by atoms with E-state index in [0.29, 0.717) is 0 Å². The van der Waals surface area contributed by atoms with Crippen molar-refractivity contribution in [2.24, 2.45) is 5.73 Å². The third-order valence-electron chi connectivity index (χ3n) is 2.92. The molecule has 1 nitrogen and oxygen atoms in total. The molecule has 0 aliphatic heterocycles. The van der Waals surface area contributed by atoms with Crippen LogP contribution in [0.2, 0.25) is 0 Å². The number of alkyl halides is 2. The first-order valence-electron chi connectivity index (χ1n) is 4.46. The van der Waals surface area contributed by atoms with Gasteiger partial charge >= 0.3 is 0 Å². The highest BCUT2D eigenvalue weighted by atomic mass is 79.9. The van der Waals surface area contributed by atoms with Gasteiger partial charge in [0.2, 0.25) is 0 Å². The van der Waals surface area contributed by atoms with Gasteiger partial charge in [-0.1, -0.05) is 6.07 Å². The second-order valence-corrected chi connectivity index (χ2v) is 4.65. The number of hydrogen-bond acceptors (Lipinski definition) is 1. The van der Waals surface area contributed by atoms with Gasteiger partial charge in [-0.15, -0.1) is 0 Å². The zero-order valence-corrected chi connectivity index (χ0v) is 9.32.